The van der Waals surface area contributed by atoms with E-state index in [0.29, 0.717) is 5.95 Å². The van der Waals surface area contributed by atoms with E-state index in [9.17, 15) is 0 Å². The summed E-state index contributed by atoms with van der Waals surface area (Å²) in [7, 11) is 0. The van der Waals surface area contributed by atoms with Crippen LogP contribution in [0.4, 0.5) is 0 Å². The fourth-order valence-corrected chi connectivity index (χ4v) is 9.54. The van der Waals surface area contributed by atoms with Gasteiger partial charge in [-0.2, -0.15) is 0 Å². The van der Waals surface area contributed by atoms with Crippen LogP contribution in [-0.4, -0.2) is 19.1 Å². The van der Waals surface area contributed by atoms with E-state index in [1.54, 1.807) is 0 Å². The predicted molar refractivity (Wildman–Crippen MR) is 236 cm³/mol. The molecule has 4 aromatic heterocycles. The Balaban J connectivity index is 1.22. The van der Waals surface area contributed by atoms with Gasteiger partial charge in [-0.3, -0.25) is 4.57 Å². The van der Waals surface area contributed by atoms with Crippen LogP contribution in [0, 0.1) is 0 Å². The summed E-state index contributed by atoms with van der Waals surface area (Å²) in [5.74, 6) is 0.625. The Labute approximate surface area is 325 Å². The van der Waals surface area contributed by atoms with E-state index in [1.165, 1.54) is 43.2 Å². The zero-order chi connectivity index (χ0) is 37.2. The lowest BCUT2D eigenvalue weighted by Gasteiger charge is -2.13. The average Bonchev–Trinajstić information content (AvgIpc) is 3.94. The number of aromatic nitrogens is 4. The first kappa shape index (κ1) is 30.6. The molecular weight excluding hydrogens is 697 g/mol. The van der Waals surface area contributed by atoms with Gasteiger partial charge in [0.25, 0.3) is 0 Å². The summed E-state index contributed by atoms with van der Waals surface area (Å²) in [5, 5.41) is 12.8. The van der Waals surface area contributed by atoms with Gasteiger partial charge in [-0.25, -0.2) is 9.97 Å². The maximum absolute atomic E-state index is 6.39. The molecule has 0 amide bonds. The fraction of sp³-hybridized carbons (Fsp3) is 0. The molecule has 0 unspecified atom stereocenters. The van der Waals surface area contributed by atoms with Gasteiger partial charge in [0.1, 0.15) is 11.2 Å². The molecule has 0 N–H and O–H groups in total. The van der Waals surface area contributed by atoms with Crippen LogP contribution in [0.1, 0.15) is 0 Å². The first-order valence-corrected chi connectivity index (χ1v) is 19.3. The van der Waals surface area contributed by atoms with Crippen molar-refractivity contribution in [2.45, 2.75) is 0 Å². The van der Waals surface area contributed by atoms with Crippen molar-refractivity contribution < 1.29 is 4.42 Å². The number of hydrogen-bond acceptors (Lipinski definition) is 3. The minimum absolute atomic E-state index is 0.625. The summed E-state index contributed by atoms with van der Waals surface area (Å²) in [6.07, 6.45) is 0. The molecule has 0 aliphatic rings. The quantitative estimate of drug-likeness (QED) is 0.170. The smallest absolute Gasteiger partial charge is 0.235 e. The van der Waals surface area contributed by atoms with Crippen molar-refractivity contribution in [2.75, 3.05) is 0 Å². The zero-order valence-electron chi connectivity index (χ0n) is 30.5. The Kier molecular flexibility index (Phi) is 6.10. The Bertz CT molecular complexity index is 3810. The van der Waals surface area contributed by atoms with Gasteiger partial charge >= 0.3 is 0 Å². The third kappa shape index (κ3) is 4.17. The molecule has 4 heterocycles. The predicted octanol–water partition coefficient (Wildman–Crippen LogP) is 13.7. The Morgan fingerprint density at radius 3 is 1.81 bits per heavy atom. The highest BCUT2D eigenvalue weighted by molar-refractivity contribution is 6.38. The number of hydrogen-bond donors (Lipinski definition) is 0. The van der Waals surface area contributed by atoms with Gasteiger partial charge in [0.05, 0.1) is 33.3 Å². The van der Waals surface area contributed by atoms with Gasteiger partial charge in [-0.1, -0.05) is 127 Å². The van der Waals surface area contributed by atoms with Crippen LogP contribution in [0.5, 0.6) is 0 Å². The van der Waals surface area contributed by atoms with Crippen LogP contribution >= 0.6 is 0 Å². The standard InChI is InChI=1S/C52H30N4O/c1-2-14-32(15-3-1)55-42-24-12-9-22-40(42)47-43(55)28-29-44-49(47)48-37-19-6-4-16-33(37)34-17-5-7-20-38(34)51(48)56(44)52-53-41-23-11-8-21-39(41)50(54-52)31-26-27-36-35-18-10-13-25-45(35)57-46(36)30-31/h1-30H. The number of benzene rings is 9. The molecule has 13 rings (SSSR count). The van der Waals surface area contributed by atoms with Crippen LogP contribution in [0.2, 0.25) is 0 Å². The molecule has 0 aliphatic heterocycles. The van der Waals surface area contributed by atoms with E-state index in [4.69, 9.17) is 14.4 Å². The minimum atomic E-state index is 0.625. The van der Waals surface area contributed by atoms with Crippen LogP contribution in [0.3, 0.4) is 0 Å². The minimum Gasteiger partial charge on any atom is -0.456 e. The average molecular weight is 727 g/mol. The number of nitrogens with zero attached hydrogens (tertiary/aromatic N) is 4. The van der Waals surface area contributed by atoms with Crippen molar-refractivity contribution in [1.82, 2.24) is 19.1 Å². The van der Waals surface area contributed by atoms with Crippen molar-refractivity contribution >= 4 is 98.0 Å². The van der Waals surface area contributed by atoms with E-state index < -0.39 is 0 Å². The summed E-state index contributed by atoms with van der Waals surface area (Å²) in [6, 6.07) is 64.6. The lowest BCUT2D eigenvalue weighted by Crippen LogP contribution is -2.04. The molecule has 57 heavy (non-hydrogen) atoms. The second kappa shape index (κ2) is 11.4. The van der Waals surface area contributed by atoms with E-state index >= 15 is 0 Å². The molecule has 9 aromatic carbocycles. The second-order valence-electron chi connectivity index (χ2n) is 14.9. The molecule has 5 nitrogen and oxygen atoms in total. The number of fused-ring (bicyclic) bond motifs is 16. The summed E-state index contributed by atoms with van der Waals surface area (Å²) >= 11 is 0. The highest BCUT2D eigenvalue weighted by atomic mass is 16.3. The van der Waals surface area contributed by atoms with E-state index in [2.05, 4.69) is 179 Å². The van der Waals surface area contributed by atoms with Crippen molar-refractivity contribution in [2.24, 2.45) is 0 Å². The SMILES string of the molecule is c1ccc(-n2c3ccccc3c3c4c5c6ccccc6c6ccccc6c5n(-c5nc(-c6ccc7c(c6)oc6ccccc67)c6ccccc6n5)c4ccc32)cc1. The van der Waals surface area contributed by atoms with Crippen molar-refractivity contribution in [3.05, 3.63) is 182 Å². The normalized spacial score (nSPS) is 12.2. The summed E-state index contributed by atoms with van der Waals surface area (Å²) in [5.41, 5.74) is 10.0. The van der Waals surface area contributed by atoms with Gasteiger partial charge in [0.2, 0.25) is 5.95 Å². The second-order valence-corrected chi connectivity index (χ2v) is 14.9. The Hall–Kier alpha value is -7.76. The lowest BCUT2D eigenvalue weighted by atomic mass is 9.95. The molecule has 13 aromatic rings. The molecular formula is C52H30N4O. The molecule has 5 heteroatoms. The van der Waals surface area contributed by atoms with Gasteiger partial charge in [0.15, 0.2) is 0 Å². The third-order valence-corrected chi connectivity index (χ3v) is 11.9. The maximum Gasteiger partial charge on any atom is 0.235 e. The summed E-state index contributed by atoms with van der Waals surface area (Å²) in [6.45, 7) is 0. The Morgan fingerprint density at radius 2 is 0.982 bits per heavy atom. The van der Waals surface area contributed by atoms with Crippen LogP contribution < -0.4 is 0 Å². The van der Waals surface area contributed by atoms with Crippen molar-refractivity contribution in [3.63, 3.8) is 0 Å². The maximum atomic E-state index is 6.39. The first-order chi connectivity index (χ1) is 28.3. The number of rotatable bonds is 3. The summed E-state index contributed by atoms with van der Waals surface area (Å²) < 4.78 is 11.1. The molecule has 0 fully saturated rings. The molecule has 0 bridgehead atoms. The van der Waals surface area contributed by atoms with Gasteiger partial charge in [-0.15, -0.1) is 0 Å². The molecule has 0 radical (unpaired) electrons. The lowest BCUT2D eigenvalue weighted by molar-refractivity contribution is 0.669. The summed E-state index contributed by atoms with van der Waals surface area (Å²) in [4.78, 5) is 11.0. The van der Waals surface area contributed by atoms with Crippen molar-refractivity contribution in [1.29, 1.82) is 0 Å². The number of furan rings is 1. The van der Waals surface area contributed by atoms with Crippen LogP contribution in [-0.2, 0) is 0 Å². The highest BCUT2D eigenvalue weighted by Crippen LogP contribution is 2.47. The molecule has 0 atom stereocenters. The first-order valence-electron chi connectivity index (χ1n) is 19.3. The number of para-hydroxylation sites is 4. The zero-order valence-corrected chi connectivity index (χ0v) is 30.5. The monoisotopic (exact) mass is 726 g/mol. The molecule has 0 saturated carbocycles. The molecule has 0 saturated heterocycles. The largest absolute Gasteiger partial charge is 0.456 e. The van der Waals surface area contributed by atoms with Crippen molar-refractivity contribution in [3.8, 4) is 22.9 Å². The van der Waals surface area contributed by atoms with Crippen LogP contribution in [0.15, 0.2) is 186 Å². The molecule has 0 spiro atoms. The van der Waals surface area contributed by atoms with E-state index in [-0.39, 0.29) is 0 Å². The third-order valence-electron chi connectivity index (χ3n) is 11.9. The highest BCUT2D eigenvalue weighted by Gasteiger charge is 2.25. The van der Waals surface area contributed by atoms with Gasteiger partial charge < -0.3 is 8.98 Å². The topological polar surface area (TPSA) is 48.8 Å². The van der Waals surface area contributed by atoms with E-state index in [1.807, 2.05) is 12.1 Å². The fourth-order valence-electron chi connectivity index (χ4n) is 9.54. The Morgan fingerprint density at radius 1 is 0.368 bits per heavy atom. The van der Waals surface area contributed by atoms with E-state index in [0.717, 1.165) is 71.7 Å². The van der Waals surface area contributed by atoms with Gasteiger partial charge in [-0.05, 0) is 70.8 Å². The molecule has 264 valence electrons. The van der Waals surface area contributed by atoms with Crippen LogP contribution in [0.25, 0.3) is 121 Å². The molecule has 0 aliphatic carbocycles. The van der Waals surface area contributed by atoms with Gasteiger partial charge in [0, 0.05) is 54.3 Å².